The Morgan fingerprint density at radius 3 is 3.00 bits per heavy atom. The van der Waals surface area contributed by atoms with Gasteiger partial charge < -0.3 is 10.5 Å². The van der Waals surface area contributed by atoms with Crippen molar-refractivity contribution in [1.82, 2.24) is 9.78 Å². The summed E-state index contributed by atoms with van der Waals surface area (Å²) in [6.45, 7) is 1.08. The molecule has 2 aromatic rings. The summed E-state index contributed by atoms with van der Waals surface area (Å²) in [5, 5.41) is 6.21. The molecule has 0 spiro atoms. The molecule has 86 valence electrons. The number of hydrogen-bond acceptors (Lipinski definition) is 4. The monoisotopic (exact) mass is 237 g/mol. The van der Waals surface area contributed by atoms with Crippen LogP contribution in [0.25, 0.3) is 0 Å². The predicted octanol–water partition coefficient (Wildman–Crippen LogP) is 1.55. The number of nitrogens with zero attached hydrogens (tertiary/aromatic N) is 2. The maximum absolute atomic E-state index is 5.79. The van der Waals surface area contributed by atoms with Crippen LogP contribution in [0.2, 0.25) is 0 Å². The summed E-state index contributed by atoms with van der Waals surface area (Å²) in [4.78, 5) is 1.18. The lowest BCUT2D eigenvalue weighted by Crippen LogP contribution is -2.15. The lowest BCUT2D eigenvalue weighted by atomic mass is 10.2. The van der Waals surface area contributed by atoms with Crippen LogP contribution in [0.4, 0.5) is 0 Å². The van der Waals surface area contributed by atoms with E-state index in [0.29, 0.717) is 13.2 Å². The van der Waals surface area contributed by atoms with E-state index in [1.54, 1.807) is 17.5 Å². The van der Waals surface area contributed by atoms with Crippen molar-refractivity contribution in [1.29, 1.82) is 0 Å². The Bertz CT molecular complexity index is 424. The number of thiophene rings is 1. The van der Waals surface area contributed by atoms with E-state index in [1.165, 1.54) is 4.88 Å². The maximum atomic E-state index is 5.79. The molecular formula is C11H15N3OS. The molecule has 0 aromatic carbocycles. The average molecular weight is 237 g/mol. The summed E-state index contributed by atoms with van der Waals surface area (Å²) in [7, 11) is 1.92. The lowest BCUT2D eigenvalue weighted by Gasteiger charge is -2.16. The number of nitrogens with two attached hydrogens (primary N) is 1. The minimum atomic E-state index is -0.0592. The fourth-order valence-electron chi connectivity index (χ4n) is 1.58. The third kappa shape index (κ3) is 2.32. The summed E-state index contributed by atoms with van der Waals surface area (Å²) < 4.78 is 7.62. The van der Waals surface area contributed by atoms with Gasteiger partial charge in [0.15, 0.2) is 0 Å². The number of rotatable bonds is 5. The Balaban J connectivity index is 2.25. The van der Waals surface area contributed by atoms with Crippen molar-refractivity contribution in [3.05, 3.63) is 40.3 Å². The first-order valence-corrected chi connectivity index (χ1v) is 6.04. The summed E-state index contributed by atoms with van der Waals surface area (Å²) in [6, 6.07) is 6.06. The number of aromatic nitrogens is 2. The van der Waals surface area contributed by atoms with Gasteiger partial charge in [0.05, 0.1) is 12.3 Å². The molecule has 5 heteroatoms. The number of hydrogen-bond donors (Lipinski definition) is 1. The molecule has 1 atom stereocenters. The SMILES string of the molecule is Cn1nccc1C(OCCN)c1cccs1. The van der Waals surface area contributed by atoms with Crippen LogP contribution < -0.4 is 5.73 Å². The molecule has 2 aromatic heterocycles. The van der Waals surface area contributed by atoms with Crippen LogP contribution in [0.5, 0.6) is 0 Å². The van der Waals surface area contributed by atoms with Crippen LogP contribution >= 0.6 is 11.3 Å². The standard InChI is InChI=1S/C11H15N3OS/c1-14-9(4-6-13-14)11(15-7-5-12)10-3-2-8-16-10/h2-4,6,8,11H,5,7,12H2,1H3. The summed E-state index contributed by atoms with van der Waals surface area (Å²) >= 11 is 1.68. The van der Waals surface area contributed by atoms with Crippen LogP contribution in [0.3, 0.4) is 0 Å². The lowest BCUT2D eigenvalue weighted by molar-refractivity contribution is 0.0832. The third-order valence-corrected chi connectivity index (χ3v) is 3.25. The zero-order valence-corrected chi connectivity index (χ0v) is 9.98. The van der Waals surface area contributed by atoms with Crippen LogP contribution in [-0.2, 0) is 11.8 Å². The van der Waals surface area contributed by atoms with Gasteiger partial charge in [0.2, 0.25) is 0 Å². The highest BCUT2D eigenvalue weighted by molar-refractivity contribution is 7.10. The van der Waals surface area contributed by atoms with Crippen molar-refractivity contribution in [2.75, 3.05) is 13.2 Å². The van der Waals surface area contributed by atoms with Crippen LogP contribution in [0, 0.1) is 0 Å². The normalized spacial score (nSPS) is 12.9. The second kappa shape index (κ2) is 5.25. The Kier molecular flexibility index (Phi) is 3.71. The molecule has 0 amide bonds. The van der Waals surface area contributed by atoms with E-state index in [2.05, 4.69) is 11.2 Å². The third-order valence-electron chi connectivity index (χ3n) is 2.33. The molecule has 2 N–H and O–H groups in total. The molecule has 0 radical (unpaired) electrons. The Labute approximate surface area is 98.6 Å². The molecule has 0 aliphatic rings. The molecule has 0 aliphatic heterocycles. The molecule has 0 saturated carbocycles. The van der Waals surface area contributed by atoms with E-state index in [1.807, 2.05) is 29.2 Å². The van der Waals surface area contributed by atoms with Gasteiger partial charge in [0.1, 0.15) is 6.10 Å². The van der Waals surface area contributed by atoms with Gasteiger partial charge in [-0.15, -0.1) is 11.3 Å². The Hall–Kier alpha value is -1.17. The Morgan fingerprint density at radius 1 is 1.56 bits per heavy atom. The van der Waals surface area contributed by atoms with E-state index < -0.39 is 0 Å². The van der Waals surface area contributed by atoms with E-state index in [-0.39, 0.29) is 6.10 Å². The van der Waals surface area contributed by atoms with Crippen LogP contribution in [0.15, 0.2) is 29.8 Å². The van der Waals surface area contributed by atoms with Crippen molar-refractivity contribution < 1.29 is 4.74 Å². The van der Waals surface area contributed by atoms with Gasteiger partial charge in [-0.05, 0) is 17.5 Å². The van der Waals surface area contributed by atoms with E-state index >= 15 is 0 Å². The summed E-state index contributed by atoms with van der Waals surface area (Å²) in [5.74, 6) is 0. The molecule has 4 nitrogen and oxygen atoms in total. The quantitative estimate of drug-likeness (QED) is 0.858. The minimum Gasteiger partial charge on any atom is -0.365 e. The summed E-state index contributed by atoms with van der Waals surface area (Å²) in [6.07, 6.45) is 1.72. The first-order valence-electron chi connectivity index (χ1n) is 5.16. The van der Waals surface area contributed by atoms with Crippen molar-refractivity contribution >= 4 is 11.3 Å². The van der Waals surface area contributed by atoms with Gasteiger partial charge in [-0.1, -0.05) is 6.07 Å². The molecule has 0 fully saturated rings. The maximum Gasteiger partial charge on any atom is 0.133 e. The zero-order chi connectivity index (χ0) is 11.4. The molecule has 0 aliphatic carbocycles. The van der Waals surface area contributed by atoms with Crippen molar-refractivity contribution in [2.45, 2.75) is 6.10 Å². The van der Waals surface area contributed by atoms with Crippen molar-refractivity contribution in [3.63, 3.8) is 0 Å². The fourth-order valence-corrected chi connectivity index (χ4v) is 2.36. The topological polar surface area (TPSA) is 53.1 Å². The van der Waals surface area contributed by atoms with E-state index in [0.717, 1.165) is 5.69 Å². The smallest absolute Gasteiger partial charge is 0.133 e. The molecule has 0 bridgehead atoms. The average Bonchev–Trinajstić information content (AvgIpc) is 2.91. The van der Waals surface area contributed by atoms with Gasteiger partial charge in [-0.25, -0.2) is 0 Å². The van der Waals surface area contributed by atoms with Crippen LogP contribution in [-0.4, -0.2) is 22.9 Å². The molecule has 2 rings (SSSR count). The first-order chi connectivity index (χ1) is 7.83. The van der Waals surface area contributed by atoms with Gasteiger partial charge in [-0.3, -0.25) is 4.68 Å². The second-order valence-corrected chi connectivity index (χ2v) is 4.41. The minimum absolute atomic E-state index is 0.0592. The molecule has 1 unspecified atom stereocenters. The number of ether oxygens (including phenoxy) is 1. The van der Waals surface area contributed by atoms with Crippen LogP contribution in [0.1, 0.15) is 16.7 Å². The van der Waals surface area contributed by atoms with Crippen molar-refractivity contribution in [3.8, 4) is 0 Å². The van der Waals surface area contributed by atoms with Crippen molar-refractivity contribution in [2.24, 2.45) is 12.8 Å². The molecule has 16 heavy (non-hydrogen) atoms. The highest BCUT2D eigenvalue weighted by Crippen LogP contribution is 2.28. The Morgan fingerprint density at radius 2 is 2.44 bits per heavy atom. The fraction of sp³-hybridized carbons (Fsp3) is 0.364. The highest BCUT2D eigenvalue weighted by atomic mass is 32.1. The van der Waals surface area contributed by atoms with Gasteiger partial charge in [0, 0.05) is 24.7 Å². The molecule has 2 heterocycles. The van der Waals surface area contributed by atoms with Gasteiger partial charge in [0.25, 0.3) is 0 Å². The van der Waals surface area contributed by atoms with E-state index in [9.17, 15) is 0 Å². The highest BCUT2D eigenvalue weighted by Gasteiger charge is 2.18. The predicted molar refractivity (Wildman–Crippen MR) is 64.4 cm³/mol. The van der Waals surface area contributed by atoms with Gasteiger partial charge in [-0.2, -0.15) is 5.10 Å². The second-order valence-electron chi connectivity index (χ2n) is 3.43. The first kappa shape index (κ1) is 11.3. The molecular weight excluding hydrogens is 222 g/mol. The largest absolute Gasteiger partial charge is 0.365 e. The summed E-state index contributed by atoms with van der Waals surface area (Å²) in [5.41, 5.74) is 6.53. The zero-order valence-electron chi connectivity index (χ0n) is 9.17. The number of aryl methyl sites for hydroxylation is 1. The van der Waals surface area contributed by atoms with Gasteiger partial charge >= 0.3 is 0 Å². The van der Waals surface area contributed by atoms with E-state index in [4.69, 9.17) is 10.5 Å². The molecule has 0 saturated heterocycles.